The number of rotatable bonds is 7. The van der Waals surface area contributed by atoms with Gasteiger partial charge in [0, 0.05) is 23.1 Å². The van der Waals surface area contributed by atoms with Gasteiger partial charge in [0.05, 0.1) is 18.2 Å². The fraction of sp³-hybridized carbons (Fsp3) is 0.192. The molecule has 0 aliphatic rings. The van der Waals surface area contributed by atoms with Gasteiger partial charge in [0.25, 0.3) is 0 Å². The summed E-state index contributed by atoms with van der Waals surface area (Å²) in [5.41, 5.74) is 3.32. The normalized spacial score (nSPS) is 12.0. The molecule has 4 nitrogen and oxygen atoms in total. The Balaban J connectivity index is 1.80. The van der Waals surface area contributed by atoms with E-state index in [0.29, 0.717) is 5.56 Å². The van der Waals surface area contributed by atoms with Crippen LogP contribution < -0.4 is 9.47 Å². The van der Waals surface area contributed by atoms with Gasteiger partial charge in [-0.2, -0.15) is 0 Å². The molecular weight excluding hydrogens is 374 g/mol. The third-order valence-corrected chi connectivity index (χ3v) is 5.39. The third-order valence-electron chi connectivity index (χ3n) is 5.39. The second-order valence-corrected chi connectivity index (χ2v) is 7.20. The van der Waals surface area contributed by atoms with Crippen molar-refractivity contribution in [2.24, 2.45) is 0 Å². The molecule has 4 rings (SSSR count). The van der Waals surface area contributed by atoms with Crippen molar-refractivity contribution in [3.63, 3.8) is 0 Å². The van der Waals surface area contributed by atoms with Gasteiger partial charge < -0.3 is 14.0 Å². The molecule has 1 unspecified atom stereocenters. The van der Waals surface area contributed by atoms with Crippen LogP contribution in [0.1, 0.15) is 41.2 Å². The number of hydrogen-bond donors (Lipinski definition) is 0. The number of benzene rings is 3. The maximum atomic E-state index is 13.4. The van der Waals surface area contributed by atoms with Crippen LogP contribution in [0.5, 0.6) is 11.5 Å². The molecule has 30 heavy (non-hydrogen) atoms. The van der Waals surface area contributed by atoms with E-state index in [0.717, 1.165) is 40.1 Å². The van der Waals surface area contributed by atoms with Crippen LogP contribution >= 0.6 is 0 Å². The van der Waals surface area contributed by atoms with Crippen molar-refractivity contribution in [3.8, 4) is 11.5 Å². The van der Waals surface area contributed by atoms with Crippen molar-refractivity contribution in [2.75, 3.05) is 7.11 Å². The standard InChI is InChI=1S/C26H25NO3/c1-4-24(30-21-16-14-20(29-3)15-17-21)27-18(2)25(22-12-8-9-13-23(22)27)26(28)19-10-6-5-7-11-19/h5-17,24H,4H2,1-3H3. The molecule has 0 saturated carbocycles. The summed E-state index contributed by atoms with van der Waals surface area (Å²) in [6, 6.07) is 25.0. The number of para-hydroxylation sites is 1. The van der Waals surface area contributed by atoms with E-state index >= 15 is 0 Å². The molecule has 152 valence electrons. The molecule has 0 N–H and O–H groups in total. The fourth-order valence-corrected chi connectivity index (χ4v) is 3.91. The second-order valence-electron chi connectivity index (χ2n) is 7.20. The lowest BCUT2D eigenvalue weighted by atomic mass is 10.0. The summed E-state index contributed by atoms with van der Waals surface area (Å²) in [6.07, 6.45) is 0.519. The zero-order chi connectivity index (χ0) is 21.1. The van der Waals surface area contributed by atoms with Crippen LogP contribution in [0, 0.1) is 6.92 Å². The summed E-state index contributed by atoms with van der Waals surface area (Å²) >= 11 is 0. The first-order valence-electron chi connectivity index (χ1n) is 10.1. The molecule has 1 aromatic heterocycles. The summed E-state index contributed by atoms with van der Waals surface area (Å²) in [7, 11) is 1.64. The van der Waals surface area contributed by atoms with Crippen molar-refractivity contribution < 1.29 is 14.3 Å². The summed E-state index contributed by atoms with van der Waals surface area (Å²) in [4.78, 5) is 13.4. The number of ether oxygens (including phenoxy) is 2. The minimum atomic E-state index is -0.236. The lowest BCUT2D eigenvalue weighted by Crippen LogP contribution is -2.17. The van der Waals surface area contributed by atoms with Gasteiger partial charge in [-0.3, -0.25) is 4.79 Å². The molecule has 0 bridgehead atoms. The molecule has 3 aromatic carbocycles. The van der Waals surface area contributed by atoms with E-state index in [4.69, 9.17) is 9.47 Å². The molecule has 0 fully saturated rings. The van der Waals surface area contributed by atoms with Crippen molar-refractivity contribution in [1.29, 1.82) is 0 Å². The number of fused-ring (bicyclic) bond motifs is 1. The molecular formula is C26H25NO3. The highest BCUT2D eigenvalue weighted by Gasteiger charge is 2.24. The van der Waals surface area contributed by atoms with Gasteiger partial charge in [-0.1, -0.05) is 55.5 Å². The van der Waals surface area contributed by atoms with Gasteiger partial charge in [-0.15, -0.1) is 0 Å². The number of methoxy groups -OCH3 is 1. The first-order chi connectivity index (χ1) is 14.6. The molecule has 4 aromatic rings. The van der Waals surface area contributed by atoms with Gasteiger partial charge in [0.2, 0.25) is 0 Å². The largest absolute Gasteiger partial charge is 0.497 e. The first kappa shape index (κ1) is 19.8. The molecule has 0 aliphatic heterocycles. The minimum Gasteiger partial charge on any atom is -0.497 e. The highest BCUT2D eigenvalue weighted by atomic mass is 16.5. The van der Waals surface area contributed by atoms with E-state index in [-0.39, 0.29) is 12.0 Å². The Kier molecular flexibility index (Phi) is 5.57. The summed E-state index contributed by atoms with van der Waals surface area (Å²) < 4.78 is 13.7. The monoisotopic (exact) mass is 399 g/mol. The molecule has 0 saturated heterocycles. The number of carbonyl (C=O) groups excluding carboxylic acids is 1. The maximum absolute atomic E-state index is 13.4. The van der Waals surface area contributed by atoms with Crippen molar-refractivity contribution in [1.82, 2.24) is 4.57 Å². The van der Waals surface area contributed by atoms with E-state index in [9.17, 15) is 4.79 Å². The average molecular weight is 399 g/mol. The zero-order valence-electron chi connectivity index (χ0n) is 17.5. The molecule has 1 atom stereocenters. The Hall–Kier alpha value is -3.53. The minimum absolute atomic E-state index is 0.0300. The Morgan fingerprint density at radius 2 is 1.53 bits per heavy atom. The molecule has 0 amide bonds. The Morgan fingerprint density at radius 1 is 0.900 bits per heavy atom. The average Bonchev–Trinajstić information content (AvgIpc) is 3.09. The van der Waals surface area contributed by atoms with Crippen molar-refractivity contribution >= 4 is 16.7 Å². The lowest BCUT2D eigenvalue weighted by molar-refractivity contribution is 0.103. The SMILES string of the molecule is CCC(Oc1ccc(OC)cc1)n1c(C)c(C(=O)c2ccccc2)c2ccccc21. The first-order valence-corrected chi connectivity index (χ1v) is 10.1. The lowest BCUT2D eigenvalue weighted by Gasteiger charge is -2.22. The summed E-state index contributed by atoms with van der Waals surface area (Å²) in [5, 5.41) is 0.945. The molecule has 4 heteroatoms. The highest BCUT2D eigenvalue weighted by molar-refractivity contribution is 6.17. The van der Waals surface area contributed by atoms with Crippen LogP contribution in [0.25, 0.3) is 10.9 Å². The van der Waals surface area contributed by atoms with E-state index in [2.05, 4.69) is 11.5 Å². The van der Waals surface area contributed by atoms with Gasteiger partial charge >= 0.3 is 0 Å². The van der Waals surface area contributed by atoms with Crippen LogP contribution in [0.3, 0.4) is 0 Å². The maximum Gasteiger partial charge on any atom is 0.195 e. The van der Waals surface area contributed by atoms with Gasteiger partial charge in [0.1, 0.15) is 11.5 Å². The molecule has 0 spiro atoms. The van der Waals surface area contributed by atoms with Crippen molar-refractivity contribution in [2.45, 2.75) is 26.5 Å². The smallest absolute Gasteiger partial charge is 0.195 e. The summed E-state index contributed by atoms with van der Waals surface area (Å²) in [5.74, 6) is 1.58. The Bertz CT molecular complexity index is 1160. The predicted molar refractivity (Wildman–Crippen MR) is 119 cm³/mol. The predicted octanol–water partition coefficient (Wildman–Crippen LogP) is 6.18. The Labute approximate surface area is 176 Å². The van der Waals surface area contributed by atoms with Gasteiger partial charge in [-0.05, 0) is 37.3 Å². The fourth-order valence-electron chi connectivity index (χ4n) is 3.91. The van der Waals surface area contributed by atoms with Crippen LogP contribution in [0.4, 0.5) is 0 Å². The third kappa shape index (κ3) is 3.57. The van der Waals surface area contributed by atoms with Crippen LogP contribution in [0.15, 0.2) is 78.9 Å². The Morgan fingerprint density at radius 3 is 2.20 bits per heavy atom. The number of ketones is 1. The molecule has 1 heterocycles. The number of aromatic nitrogens is 1. The molecule has 0 radical (unpaired) electrons. The van der Waals surface area contributed by atoms with Crippen LogP contribution in [-0.2, 0) is 0 Å². The number of nitrogens with zero attached hydrogens (tertiary/aromatic N) is 1. The quantitative estimate of drug-likeness (QED) is 0.349. The molecule has 0 aliphatic carbocycles. The van der Waals surface area contributed by atoms with Gasteiger partial charge in [0.15, 0.2) is 12.0 Å². The number of carbonyl (C=O) groups is 1. The topological polar surface area (TPSA) is 40.5 Å². The van der Waals surface area contributed by atoms with Crippen LogP contribution in [0.2, 0.25) is 0 Å². The van der Waals surface area contributed by atoms with Crippen molar-refractivity contribution in [3.05, 3.63) is 95.7 Å². The number of hydrogen-bond acceptors (Lipinski definition) is 3. The van der Waals surface area contributed by atoms with Gasteiger partial charge in [-0.25, -0.2) is 0 Å². The van der Waals surface area contributed by atoms with E-state index in [1.165, 1.54) is 0 Å². The van der Waals surface area contributed by atoms with E-state index in [1.807, 2.05) is 85.8 Å². The van der Waals surface area contributed by atoms with E-state index < -0.39 is 0 Å². The summed E-state index contributed by atoms with van der Waals surface area (Å²) in [6.45, 7) is 4.08. The second kappa shape index (κ2) is 8.46. The highest BCUT2D eigenvalue weighted by Crippen LogP contribution is 2.33. The van der Waals surface area contributed by atoms with E-state index in [1.54, 1.807) is 7.11 Å². The zero-order valence-corrected chi connectivity index (χ0v) is 17.5. The van der Waals surface area contributed by atoms with Crippen LogP contribution in [-0.4, -0.2) is 17.5 Å².